The van der Waals surface area contributed by atoms with Crippen molar-refractivity contribution < 1.29 is 4.52 Å². The third kappa shape index (κ3) is 3.18. The molecule has 0 saturated carbocycles. The standard InChI is InChI=1S/C8H14ClOPS/c1-2-3-5-10-11(12)6-4-8(9)7-11/h7H,2-6H2,1H3. The average Bonchev–Trinajstić information content (AvgIpc) is 2.32. The SMILES string of the molecule is CCCCOP1(=S)C=C(Cl)CC1. The Hall–Kier alpha value is 0.640. The van der Waals surface area contributed by atoms with Gasteiger partial charge in [0.2, 0.25) is 0 Å². The summed E-state index contributed by atoms with van der Waals surface area (Å²) in [5, 5.41) is 0.898. The van der Waals surface area contributed by atoms with Crippen LogP contribution in [0.1, 0.15) is 26.2 Å². The second kappa shape index (κ2) is 4.76. The van der Waals surface area contributed by atoms with Gasteiger partial charge in [-0.05, 0) is 18.7 Å². The van der Waals surface area contributed by atoms with Gasteiger partial charge in [0.05, 0.1) is 12.9 Å². The second-order valence-corrected chi connectivity index (χ2v) is 7.72. The molecule has 0 amide bonds. The highest BCUT2D eigenvalue weighted by molar-refractivity contribution is 8.13. The molecule has 0 radical (unpaired) electrons. The van der Waals surface area contributed by atoms with E-state index < -0.39 is 6.26 Å². The van der Waals surface area contributed by atoms with Crippen LogP contribution in [-0.2, 0) is 16.3 Å². The van der Waals surface area contributed by atoms with Crippen molar-refractivity contribution in [3.63, 3.8) is 0 Å². The van der Waals surface area contributed by atoms with Crippen molar-refractivity contribution in [3.05, 3.63) is 10.8 Å². The fraction of sp³-hybridized carbons (Fsp3) is 0.750. The van der Waals surface area contributed by atoms with Crippen LogP contribution in [-0.4, -0.2) is 12.8 Å². The first-order valence-electron chi connectivity index (χ1n) is 4.27. The van der Waals surface area contributed by atoms with Crippen molar-refractivity contribution in [2.24, 2.45) is 0 Å². The highest BCUT2D eigenvalue weighted by Gasteiger charge is 2.21. The van der Waals surface area contributed by atoms with Gasteiger partial charge in [-0.3, -0.25) is 0 Å². The molecule has 70 valence electrons. The summed E-state index contributed by atoms with van der Waals surface area (Å²) in [6.07, 6.45) is 2.53. The van der Waals surface area contributed by atoms with Crippen LogP contribution < -0.4 is 0 Å². The van der Waals surface area contributed by atoms with Crippen LogP contribution in [0.4, 0.5) is 0 Å². The molecule has 0 aromatic carbocycles. The molecule has 0 aliphatic carbocycles. The van der Waals surface area contributed by atoms with Gasteiger partial charge in [-0.15, -0.1) is 0 Å². The second-order valence-electron chi connectivity index (χ2n) is 2.96. The largest absolute Gasteiger partial charge is 0.347 e. The lowest BCUT2D eigenvalue weighted by atomic mass is 10.4. The number of halogens is 1. The van der Waals surface area contributed by atoms with Crippen molar-refractivity contribution >= 4 is 29.7 Å². The molecule has 0 spiro atoms. The summed E-state index contributed by atoms with van der Waals surface area (Å²) in [6.45, 7) is 2.95. The van der Waals surface area contributed by atoms with Crippen LogP contribution in [0, 0.1) is 0 Å². The van der Waals surface area contributed by atoms with E-state index in [-0.39, 0.29) is 0 Å². The van der Waals surface area contributed by atoms with E-state index in [4.69, 9.17) is 27.9 Å². The summed E-state index contributed by atoms with van der Waals surface area (Å²) in [7, 11) is 0. The minimum atomic E-state index is -1.62. The van der Waals surface area contributed by atoms with Crippen LogP contribution in [0.3, 0.4) is 0 Å². The molecule has 0 fully saturated rings. The van der Waals surface area contributed by atoms with E-state index in [1.165, 1.54) is 0 Å². The first-order valence-corrected chi connectivity index (χ1v) is 7.62. The molecule has 4 heteroatoms. The summed E-state index contributed by atoms with van der Waals surface area (Å²) in [5.74, 6) is 1.97. The first kappa shape index (κ1) is 10.7. The van der Waals surface area contributed by atoms with Gasteiger partial charge in [0.15, 0.2) is 0 Å². The van der Waals surface area contributed by atoms with Gasteiger partial charge in [0.1, 0.15) is 0 Å². The maximum absolute atomic E-state index is 5.85. The zero-order valence-electron chi connectivity index (χ0n) is 7.25. The van der Waals surface area contributed by atoms with Crippen molar-refractivity contribution in [3.8, 4) is 0 Å². The monoisotopic (exact) mass is 224 g/mol. The third-order valence-electron chi connectivity index (χ3n) is 1.81. The third-order valence-corrected chi connectivity index (χ3v) is 5.61. The quantitative estimate of drug-likeness (QED) is 0.532. The number of unbranched alkanes of at least 4 members (excludes halogenated alkanes) is 1. The molecule has 1 rings (SSSR count). The minimum absolute atomic E-state index is 0.800. The highest BCUT2D eigenvalue weighted by Crippen LogP contribution is 2.56. The van der Waals surface area contributed by atoms with Crippen LogP contribution in [0.25, 0.3) is 0 Å². The van der Waals surface area contributed by atoms with Crippen LogP contribution in [0.5, 0.6) is 0 Å². The van der Waals surface area contributed by atoms with E-state index in [9.17, 15) is 0 Å². The lowest BCUT2D eigenvalue weighted by molar-refractivity contribution is 0.345. The summed E-state index contributed by atoms with van der Waals surface area (Å²) in [4.78, 5) is 0. The molecule has 1 aliphatic rings. The van der Waals surface area contributed by atoms with Crippen LogP contribution in [0.15, 0.2) is 10.8 Å². The lowest BCUT2D eigenvalue weighted by Gasteiger charge is -2.13. The summed E-state index contributed by atoms with van der Waals surface area (Å²) in [6, 6.07) is 0. The fourth-order valence-corrected chi connectivity index (χ4v) is 4.70. The number of rotatable bonds is 4. The predicted molar refractivity (Wildman–Crippen MR) is 58.6 cm³/mol. The molecule has 1 nitrogen and oxygen atoms in total. The Balaban J connectivity index is 2.36. The first-order chi connectivity index (χ1) is 5.66. The van der Waals surface area contributed by atoms with E-state index in [2.05, 4.69) is 6.92 Å². The Morgan fingerprint density at radius 2 is 2.50 bits per heavy atom. The van der Waals surface area contributed by atoms with Crippen LogP contribution in [0.2, 0.25) is 0 Å². The molecule has 12 heavy (non-hydrogen) atoms. The smallest absolute Gasteiger partial charge is 0.0893 e. The molecule has 0 saturated heterocycles. The van der Waals surface area contributed by atoms with Gasteiger partial charge in [-0.2, -0.15) is 0 Å². The molecule has 1 unspecified atom stereocenters. The topological polar surface area (TPSA) is 9.23 Å². The molecule has 0 N–H and O–H groups in total. The summed E-state index contributed by atoms with van der Waals surface area (Å²) >= 11 is 11.2. The maximum Gasteiger partial charge on any atom is 0.0893 e. The summed E-state index contributed by atoms with van der Waals surface area (Å²) in [5.41, 5.74) is 0. The highest BCUT2D eigenvalue weighted by atomic mass is 35.5. The predicted octanol–water partition coefficient (Wildman–Crippen LogP) is 3.68. The minimum Gasteiger partial charge on any atom is -0.347 e. The van der Waals surface area contributed by atoms with Gasteiger partial charge in [-0.1, -0.05) is 36.8 Å². The fourth-order valence-electron chi connectivity index (χ4n) is 1.07. The number of hydrogen-bond acceptors (Lipinski definition) is 2. The number of allylic oxidation sites excluding steroid dienone is 1. The Morgan fingerprint density at radius 3 is 3.00 bits per heavy atom. The molecular formula is C8H14ClOPS. The van der Waals surface area contributed by atoms with E-state index in [1.54, 1.807) is 0 Å². The van der Waals surface area contributed by atoms with Crippen molar-refractivity contribution in [1.29, 1.82) is 0 Å². The zero-order valence-corrected chi connectivity index (χ0v) is 9.72. The molecule has 1 atom stereocenters. The van der Waals surface area contributed by atoms with E-state index in [0.29, 0.717) is 0 Å². The van der Waals surface area contributed by atoms with Crippen molar-refractivity contribution in [2.45, 2.75) is 26.2 Å². The van der Waals surface area contributed by atoms with Gasteiger partial charge >= 0.3 is 0 Å². The van der Waals surface area contributed by atoms with E-state index in [0.717, 1.165) is 37.1 Å². The Labute approximate surface area is 84.2 Å². The normalized spacial score (nSPS) is 29.0. The van der Waals surface area contributed by atoms with Crippen molar-refractivity contribution in [1.82, 2.24) is 0 Å². The van der Waals surface area contributed by atoms with Crippen LogP contribution >= 0.6 is 17.9 Å². The number of hydrogen-bond donors (Lipinski definition) is 0. The van der Waals surface area contributed by atoms with Gasteiger partial charge in [-0.25, -0.2) is 0 Å². The summed E-state index contributed by atoms with van der Waals surface area (Å²) < 4.78 is 5.67. The van der Waals surface area contributed by atoms with Crippen molar-refractivity contribution in [2.75, 3.05) is 12.8 Å². The zero-order chi connectivity index (χ0) is 9.03. The molecule has 1 aliphatic heterocycles. The Kier molecular flexibility index (Phi) is 4.25. The lowest BCUT2D eigenvalue weighted by Crippen LogP contribution is -1.91. The Morgan fingerprint density at radius 1 is 1.75 bits per heavy atom. The maximum atomic E-state index is 5.85. The van der Waals surface area contributed by atoms with E-state index >= 15 is 0 Å². The molecule has 1 heterocycles. The van der Waals surface area contributed by atoms with E-state index in [1.807, 2.05) is 5.82 Å². The Bertz CT molecular complexity index is 227. The van der Waals surface area contributed by atoms with Gasteiger partial charge < -0.3 is 4.52 Å². The molecule has 0 aromatic heterocycles. The van der Waals surface area contributed by atoms with Gasteiger partial charge in [0.25, 0.3) is 0 Å². The molecule has 0 bridgehead atoms. The molecular weight excluding hydrogens is 211 g/mol. The van der Waals surface area contributed by atoms with Gasteiger partial charge in [0, 0.05) is 11.2 Å². The molecule has 0 aromatic rings. The average molecular weight is 225 g/mol.